The molecule has 1 aromatic carbocycles. The molecule has 0 bridgehead atoms. The van der Waals surface area contributed by atoms with Crippen LogP contribution in [0.3, 0.4) is 0 Å². The highest BCUT2D eigenvalue weighted by molar-refractivity contribution is 7.15. The third-order valence-electron chi connectivity index (χ3n) is 5.03. The second kappa shape index (κ2) is 7.79. The van der Waals surface area contributed by atoms with Gasteiger partial charge in [0.15, 0.2) is 4.96 Å². The normalized spacial score (nSPS) is 16.6. The molecule has 4 rings (SSSR count). The lowest BCUT2D eigenvalue weighted by atomic mass is 10.1. The van der Waals surface area contributed by atoms with Crippen molar-refractivity contribution >= 4 is 28.2 Å². The van der Waals surface area contributed by atoms with Gasteiger partial charge in [0.05, 0.1) is 11.6 Å². The van der Waals surface area contributed by atoms with Gasteiger partial charge in [-0.15, -0.1) is 11.3 Å². The number of hydrogen-bond donors (Lipinski definition) is 0. The Kier molecular flexibility index (Phi) is 5.19. The van der Waals surface area contributed by atoms with Gasteiger partial charge in [-0.1, -0.05) is 29.8 Å². The number of fused-ring (bicyclic) bond motifs is 1. The minimum Gasteiger partial charge on any atom is -0.459 e. The quantitative estimate of drug-likeness (QED) is 0.603. The molecule has 3 heterocycles. The smallest absolute Gasteiger partial charge is 0.311 e. The van der Waals surface area contributed by atoms with Crippen molar-refractivity contribution in [3.8, 4) is 0 Å². The van der Waals surface area contributed by atoms with Crippen LogP contribution in [-0.4, -0.2) is 32.7 Å². The molecule has 29 heavy (non-hydrogen) atoms. The minimum atomic E-state index is -0.498. The van der Waals surface area contributed by atoms with Crippen molar-refractivity contribution in [2.75, 3.05) is 6.54 Å². The van der Waals surface area contributed by atoms with Crippen molar-refractivity contribution in [2.45, 2.75) is 33.4 Å². The van der Waals surface area contributed by atoms with E-state index in [1.54, 1.807) is 4.90 Å². The number of hydrogen-bond acceptors (Lipinski definition) is 6. The summed E-state index contributed by atoms with van der Waals surface area (Å²) in [6.07, 6.45) is 0.143. The SMILES string of the molecule is Cc1ccc(CN2C[C@@H](C(=O)OCc3cc(=O)n4c(C)csc4n3)CC2=O)cc1. The molecular weight excluding hydrogens is 390 g/mol. The van der Waals surface area contributed by atoms with Gasteiger partial charge in [0, 0.05) is 36.7 Å². The Morgan fingerprint density at radius 1 is 1.24 bits per heavy atom. The van der Waals surface area contributed by atoms with Crippen LogP contribution in [0.4, 0.5) is 0 Å². The molecule has 150 valence electrons. The monoisotopic (exact) mass is 411 g/mol. The lowest BCUT2D eigenvalue weighted by molar-refractivity contribution is -0.149. The Hall–Kier alpha value is -3.00. The summed E-state index contributed by atoms with van der Waals surface area (Å²) < 4.78 is 6.88. The third-order valence-corrected chi connectivity index (χ3v) is 5.98. The van der Waals surface area contributed by atoms with Crippen molar-refractivity contribution in [2.24, 2.45) is 5.92 Å². The van der Waals surface area contributed by atoms with E-state index >= 15 is 0 Å². The lowest BCUT2D eigenvalue weighted by Crippen LogP contribution is -2.26. The Balaban J connectivity index is 1.37. The summed E-state index contributed by atoms with van der Waals surface area (Å²) in [6, 6.07) is 9.36. The fourth-order valence-corrected chi connectivity index (χ4v) is 4.33. The fraction of sp³-hybridized carbons (Fsp3) is 0.333. The standard InChI is InChI=1S/C21H21N3O4S/c1-13-3-5-15(6-4-13)9-23-10-16(7-18(23)25)20(27)28-11-17-8-19(26)24-14(2)12-29-21(24)22-17/h3-6,8,12,16H,7,9-11H2,1-2H3/t16-/m0/s1. The van der Waals surface area contributed by atoms with Crippen molar-refractivity contribution in [1.82, 2.24) is 14.3 Å². The fourth-order valence-electron chi connectivity index (χ4n) is 3.43. The minimum absolute atomic E-state index is 0.0561. The molecule has 1 aliphatic rings. The van der Waals surface area contributed by atoms with Crippen molar-refractivity contribution < 1.29 is 14.3 Å². The number of thiazole rings is 1. The Bertz CT molecular complexity index is 1130. The molecule has 0 saturated carbocycles. The van der Waals surface area contributed by atoms with Crippen LogP contribution in [0.15, 0.2) is 40.5 Å². The first-order valence-corrected chi connectivity index (χ1v) is 10.3. The zero-order valence-corrected chi connectivity index (χ0v) is 17.1. The number of carbonyl (C=O) groups excluding carboxylic acids is 2. The average Bonchev–Trinajstić information content (AvgIpc) is 3.25. The van der Waals surface area contributed by atoms with E-state index < -0.39 is 11.9 Å². The average molecular weight is 411 g/mol. The predicted octanol–water partition coefficient (Wildman–Crippen LogP) is 2.46. The van der Waals surface area contributed by atoms with Gasteiger partial charge >= 0.3 is 5.97 Å². The van der Waals surface area contributed by atoms with E-state index in [2.05, 4.69) is 4.98 Å². The highest BCUT2D eigenvalue weighted by atomic mass is 32.1. The molecular formula is C21H21N3O4S. The van der Waals surface area contributed by atoms with Crippen molar-refractivity contribution in [1.29, 1.82) is 0 Å². The summed E-state index contributed by atoms with van der Waals surface area (Å²) in [5.41, 5.74) is 3.23. The Morgan fingerprint density at radius 3 is 2.76 bits per heavy atom. The van der Waals surface area contributed by atoms with Gasteiger partial charge in [-0.3, -0.25) is 18.8 Å². The second-order valence-electron chi connectivity index (χ2n) is 7.35. The predicted molar refractivity (Wildman–Crippen MR) is 109 cm³/mol. The van der Waals surface area contributed by atoms with Crippen molar-refractivity contribution in [3.63, 3.8) is 0 Å². The highest BCUT2D eigenvalue weighted by Gasteiger charge is 2.35. The van der Waals surface area contributed by atoms with E-state index in [0.29, 0.717) is 23.7 Å². The molecule has 0 unspecified atom stereocenters. The second-order valence-corrected chi connectivity index (χ2v) is 8.19. The molecule has 1 saturated heterocycles. The molecule has 1 atom stereocenters. The number of amides is 1. The number of esters is 1. The summed E-state index contributed by atoms with van der Waals surface area (Å²) >= 11 is 1.36. The van der Waals surface area contributed by atoms with E-state index in [4.69, 9.17) is 4.74 Å². The summed E-state index contributed by atoms with van der Waals surface area (Å²) in [4.78, 5) is 43.6. The molecule has 0 radical (unpaired) electrons. The molecule has 3 aromatic rings. The molecule has 2 aromatic heterocycles. The van der Waals surface area contributed by atoms with Crippen LogP contribution in [0.25, 0.3) is 4.96 Å². The summed E-state index contributed by atoms with van der Waals surface area (Å²) in [7, 11) is 0. The summed E-state index contributed by atoms with van der Waals surface area (Å²) in [5.74, 6) is -0.991. The summed E-state index contributed by atoms with van der Waals surface area (Å²) in [6.45, 7) is 4.59. The van der Waals surface area contributed by atoms with Gasteiger partial charge < -0.3 is 9.64 Å². The van der Waals surface area contributed by atoms with Gasteiger partial charge in [0.25, 0.3) is 5.56 Å². The van der Waals surface area contributed by atoms with Crippen LogP contribution in [0, 0.1) is 19.8 Å². The zero-order valence-electron chi connectivity index (χ0n) is 16.3. The van der Waals surface area contributed by atoms with Crippen LogP contribution in [0.5, 0.6) is 0 Å². The number of ether oxygens (including phenoxy) is 1. The first-order chi connectivity index (χ1) is 13.9. The molecule has 1 fully saturated rings. The van der Waals surface area contributed by atoms with Crippen LogP contribution in [0.2, 0.25) is 0 Å². The number of nitrogens with zero attached hydrogens (tertiary/aromatic N) is 3. The van der Waals surface area contributed by atoms with E-state index in [1.807, 2.05) is 43.5 Å². The number of aromatic nitrogens is 2. The molecule has 8 heteroatoms. The number of rotatable bonds is 5. The van der Waals surface area contributed by atoms with Gasteiger partial charge in [-0.25, -0.2) is 4.98 Å². The largest absolute Gasteiger partial charge is 0.459 e. The lowest BCUT2D eigenvalue weighted by Gasteiger charge is -2.16. The first-order valence-electron chi connectivity index (χ1n) is 9.37. The number of benzene rings is 1. The van der Waals surface area contributed by atoms with Crippen LogP contribution in [-0.2, 0) is 27.5 Å². The zero-order chi connectivity index (χ0) is 20.5. The number of likely N-dealkylation sites (tertiary alicyclic amines) is 1. The first kappa shape index (κ1) is 19.3. The maximum absolute atomic E-state index is 12.4. The van der Waals surface area contributed by atoms with Gasteiger partial charge in [-0.2, -0.15) is 0 Å². The van der Waals surface area contributed by atoms with E-state index in [-0.39, 0.29) is 24.5 Å². The third kappa shape index (κ3) is 4.07. The topological polar surface area (TPSA) is 81.0 Å². The van der Waals surface area contributed by atoms with E-state index in [0.717, 1.165) is 16.8 Å². The molecule has 1 aliphatic heterocycles. The van der Waals surface area contributed by atoms with Crippen LogP contribution in [0.1, 0.15) is 28.9 Å². The number of carbonyl (C=O) groups is 2. The molecule has 0 spiro atoms. The number of aryl methyl sites for hydroxylation is 2. The Morgan fingerprint density at radius 2 is 2.00 bits per heavy atom. The Labute approximate surface area is 171 Å². The molecule has 7 nitrogen and oxygen atoms in total. The molecule has 0 N–H and O–H groups in total. The van der Waals surface area contributed by atoms with Crippen molar-refractivity contribution in [3.05, 3.63) is 68.6 Å². The van der Waals surface area contributed by atoms with Gasteiger partial charge in [-0.05, 0) is 19.4 Å². The maximum atomic E-state index is 12.4. The summed E-state index contributed by atoms with van der Waals surface area (Å²) in [5, 5.41) is 1.85. The van der Waals surface area contributed by atoms with Gasteiger partial charge in [0.2, 0.25) is 5.91 Å². The molecule has 0 aliphatic carbocycles. The van der Waals surface area contributed by atoms with E-state index in [1.165, 1.54) is 21.8 Å². The van der Waals surface area contributed by atoms with Crippen LogP contribution >= 0.6 is 11.3 Å². The van der Waals surface area contributed by atoms with Gasteiger partial charge in [0.1, 0.15) is 6.61 Å². The molecule has 1 amide bonds. The van der Waals surface area contributed by atoms with Crippen LogP contribution < -0.4 is 5.56 Å². The van der Waals surface area contributed by atoms with E-state index in [9.17, 15) is 14.4 Å². The highest BCUT2D eigenvalue weighted by Crippen LogP contribution is 2.22. The maximum Gasteiger partial charge on any atom is 0.311 e.